The number of rotatable bonds is 6. The molecule has 0 unspecified atom stereocenters. The number of sulfonamides is 1. The Morgan fingerprint density at radius 3 is 2.71 bits per heavy atom. The second-order valence-corrected chi connectivity index (χ2v) is 11.2. The van der Waals surface area contributed by atoms with Crippen LogP contribution in [0.4, 0.5) is 0 Å². The van der Waals surface area contributed by atoms with Gasteiger partial charge >= 0.3 is 0 Å². The Hall–Kier alpha value is -2.12. The van der Waals surface area contributed by atoms with Crippen LogP contribution < -0.4 is 4.74 Å². The van der Waals surface area contributed by atoms with Crippen LogP contribution in [0.3, 0.4) is 0 Å². The highest BCUT2D eigenvalue weighted by Gasteiger charge is 2.38. The monoisotopic (exact) mass is 492 g/mol. The van der Waals surface area contributed by atoms with Crippen molar-refractivity contribution in [1.29, 1.82) is 0 Å². The second-order valence-electron chi connectivity index (χ2n) is 9.36. The van der Waals surface area contributed by atoms with Gasteiger partial charge in [-0.3, -0.25) is 4.79 Å². The number of hydrogen-bond acceptors (Lipinski definition) is 6. The van der Waals surface area contributed by atoms with E-state index in [1.807, 2.05) is 6.92 Å². The number of ether oxygens (including phenoxy) is 2. The first-order valence-corrected chi connectivity index (χ1v) is 13.3. The van der Waals surface area contributed by atoms with Gasteiger partial charge in [-0.25, -0.2) is 8.42 Å². The standard InChI is InChI=1S/C25H36N2O6S/c1-18-14-27(19(2)16-28)34(30,31)24-12-11-21(10-9-20-7-5-6-8-20)13-22(24)33-23(18)15-26(3)25(29)17-32-4/h11-13,18-20,23,28H,5-8,14-17H2,1-4H3/t18-,19-,23+/m1/s1. The van der Waals surface area contributed by atoms with E-state index in [0.717, 1.165) is 12.8 Å². The molecule has 8 nitrogen and oxygen atoms in total. The molecular weight excluding hydrogens is 456 g/mol. The van der Waals surface area contributed by atoms with E-state index < -0.39 is 22.2 Å². The van der Waals surface area contributed by atoms with Crippen molar-refractivity contribution in [3.63, 3.8) is 0 Å². The molecule has 1 heterocycles. The summed E-state index contributed by atoms with van der Waals surface area (Å²) in [5.41, 5.74) is 0.693. The van der Waals surface area contributed by atoms with Gasteiger partial charge in [0.25, 0.3) is 0 Å². The molecule has 1 N–H and O–H groups in total. The maximum atomic E-state index is 13.5. The molecule has 188 valence electrons. The Bertz CT molecular complexity index is 1030. The van der Waals surface area contributed by atoms with E-state index in [4.69, 9.17) is 9.47 Å². The maximum absolute atomic E-state index is 13.5. The third kappa shape index (κ3) is 6.11. The third-order valence-corrected chi connectivity index (χ3v) is 8.61. The lowest BCUT2D eigenvalue weighted by Crippen LogP contribution is -2.50. The van der Waals surface area contributed by atoms with Crippen molar-refractivity contribution in [3.05, 3.63) is 23.8 Å². The van der Waals surface area contributed by atoms with Crippen molar-refractivity contribution in [1.82, 2.24) is 9.21 Å². The van der Waals surface area contributed by atoms with Crippen LogP contribution in [0.5, 0.6) is 5.75 Å². The fraction of sp³-hybridized carbons (Fsp3) is 0.640. The summed E-state index contributed by atoms with van der Waals surface area (Å²) >= 11 is 0. The largest absolute Gasteiger partial charge is 0.487 e. The number of carbonyl (C=O) groups is 1. The predicted molar refractivity (Wildman–Crippen MR) is 129 cm³/mol. The summed E-state index contributed by atoms with van der Waals surface area (Å²) in [6.45, 7) is 3.64. The van der Waals surface area contributed by atoms with E-state index in [2.05, 4.69) is 11.8 Å². The summed E-state index contributed by atoms with van der Waals surface area (Å²) in [4.78, 5) is 13.9. The van der Waals surface area contributed by atoms with Gasteiger partial charge in [0, 0.05) is 44.1 Å². The van der Waals surface area contributed by atoms with Crippen LogP contribution in [0.2, 0.25) is 0 Å². The summed E-state index contributed by atoms with van der Waals surface area (Å²) in [5.74, 6) is 6.65. The van der Waals surface area contributed by atoms with Crippen LogP contribution in [0.15, 0.2) is 23.1 Å². The summed E-state index contributed by atoms with van der Waals surface area (Å²) < 4.78 is 39.7. The molecule has 0 aromatic heterocycles. The molecule has 1 amide bonds. The Morgan fingerprint density at radius 2 is 2.06 bits per heavy atom. The Morgan fingerprint density at radius 1 is 1.35 bits per heavy atom. The van der Waals surface area contributed by atoms with E-state index in [1.165, 1.54) is 35.2 Å². The number of aliphatic hydroxyl groups excluding tert-OH is 1. The molecule has 1 aliphatic heterocycles. The minimum atomic E-state index is -3.91. The lowest BCUT2D eigenvalue weighted by atomic mass is 10.0. The number of fused-ring (bicyclic) bond motifs is 1. The molecule has 1 fully saturated rings. The molecule has 2 aliphatic rings. The van der Waals surface area contributed by atoms with Crippen LogP contribution in [0.1, 0.15) is 45.1 Å². The van der Waals surface area contributed by atoms with E-state index in [9.17, 15) is 18.3 Å². The molecule has 1 aromatic carbocycles. The van der Waals surface area contributed by atoms with E-state index >= 15 is 0 Å². The number of benzene rings is 1. The van der Waals surface area contributed by atoms with Crippen molar-refractivity contribution < 1.29 is 27.8 Å². The van der Waals surface area contributed by atoms with Crippen molar-refractivity contribution in [2.75, 3.05) is 40.5 Å². The van der Waals surface area contributed by atoms with Gasteiger partial charge in [0.05, 0.1) is 13.2 Å². The highest BCUT2D eigenvalue weighted by molar-refractivity contribution is 7.89. The van der Waals surface area contributed by atoms with Gasteiger partial charge < -0.3 is 19.5 Å². The van der Waals surface area contributed by atoms with Crippen LogP contribution in [-0.4, -0.2) is 81.2 Å². The number of likely N-dealkylation sites (N-methyl/N-ethyl adjacent to an activating group) is 1. The Labute approximate surface area is 203 Å². The Kier molecular flexibility index (Phi) is 8.99. The molecule has 34 heavy (non-hydrogen) atoms. The second kappa shape index (κ2) is 11.5. The molecule has 0 bridgehead atoms. The third-order valence-electron chi connectivity index (χ3n) is 6.59. The molecule has 1 saturated carbocycles. The maximum Gasteiger partial charge on any atom is 0.248 e. The van der Waals surface area contributed by atoms with Gasteiger partial charge in [-0.1, -0.05) is 31.6 Å². The zero-order chi connectivity index (χ0) is 24.9. The highest BCUT2D eigenvalue weighted by atomic mass is 32.2. The zero-order valence-electron chi connectivity index (χ0n) is 20.5. The normalized spacial score (nSPS) is 23.6. The number of methoxy groups -OCH3 is 1. The fourth-order valence-electron chi connectivity index (χ4n) is 4.38. The van der Waals surface area contributed by atoms with Crippen LogP contribution in [0, 0.1) is 23.7 Å². The average Bonchev–Trinajstić information content (AvgIpc) is 3.33. The molecule has 1 aromatic rings. The fourth-order valence-corrected chi connectivity index (χ4v) is 6.21. The molecule has 3 atom stereocenters. The molecule has 3 rings (SSSR count). The highest BCUT2D eigenvalue weighted by Crippen LogP contribution is 2.34. The first kappa shape index (κ1) is 26.5. The minimum Gasteiger partial charge on any atom is -0.487 e. The number of nitrogens with zero attached hydrogens (tertiary/aromatic N) is 2. The van der Waals surface area contributed by atoms with Gasteiger partial charge in [0.1, 0.15) is 23.4 Å². The first-order valence-electron chi connectivity index (χ1n) is 11.8. The number of amides is 1. The van der Waals surface area contributed by atoms with Crippen LogP contribution in [-0.2, 0) is 19.6 Å². The molecule has 0 spiro atoms. The van der Waals surface area contributed by atoms with E-state index in [-0.39, 0.29) is 48.8 Å². The number of aliphatic hydroxyl groups is 1. The first-order chi connectivity index (χ1) is 16.2. The SMILES string of the molecule is COCC(=O)N(C)C[C@@H]1Oc2cc(C#CC3CCCC3)ccc2S(=O)(=O)N([C@H](C)CO)C[C@H]1C. The van der Waals surface area contributed by atoms with Gasteiger partial charge in [-0.15, -0.1) is 0 Å². The summed E-state index contributed by atoms with van der Waals surface area (Å²) in [7, 11) is -0.777. The molecule has 1 aliphatic carbocycles. The quantitative estimate of drug-likeness (QED) is 0.611. The van der Waals surface area contributed by atoms with Crippen molar-refractivity contribution in [3.8, 4) is 17.6 Å². The molecular formula is C25H36N2O6S. The summed E-state index contributed by atoms with van der Waals surface area (Å²) in [6, 6.07) is 4.32. The van der Waals surface area contributed by atoms with Gasteiger partial charge in [-0.2, -0.15) is 4.31 Å². The number of carbonyl (C=O) groups excluding carboxylic acids is 1. The van der Waals surface area contributed by atoms with Gasteiger partial charge in [0.2, 0.25) is 15.9 Å². The smallest absolute Gasteiger partial charge is 0.248 e. The molecule has 0 radical (unpaired) electrons. The van der Waals surface area contributed by atoms with E-state index in [1.54, 1.807) is 26.1 Å². The van der Waals surface area contributed by atoms with Crippen LogP contribution >= 0.6 is 0 Å². The lowest BCUT2D eigenvalue weighted by Gasteiger charge is -2.37. The lowest BCUT2D eigenvalue weighted by molar-refractivity contribution is -0.135. The Balaban J connectivity index is 2.00. The van der Waals surface area contributed by atoms with Crippen molar-refractivity contribution >= 4 is 15.9 Å². The van der Waals surface area contributed by atoms with Gasteiger partial charge in [0.15, 0.2) is 0 Å². The number of hydrogen-bond donors (Lipinski definition) is 1. The van der Waals surface area contributed by atoms with Crippen molar-refractivity contribution in [2.45, 2.75) is 56.6 Å². The molecule has 9 heteroatoms. The summed E-state index contributed by atoms with van der Waals surface area (Å²) in [6.07, 6.45) is 4.11. The van der Waals surface area contributed by atoms with Crippen molar-refractivity contribution in [2.24, 2.45) is 11.8 Å². The summed E-state index contributed by atoms with van der Waals surface area (Å²) in [5, 5.41) is 9.75. The van der Waals surface area contributed by atoms with Gasteiger partial charge in [-0.05, 0) is 38.0 Å². The average molecular weight is 493 g/mol. The predicted octanol–water partition coefficient (Wildman–Crippen LogP) is 2.10. The molecule has 0 saturated heterocycles. The van der Waals surface area contributed by atoms with Crippen LogP contribution in [0.25, 0.3) is 0 Å². The topological polar surface area (TPSA) is 96.4 Å². The minimum absolute atomic E-state index is 0.0435. The zero-order valence-corrected chi connectivity index (χ0v) is 21.3. The van der Waals surface area contributed by atoms with E-state index in [0.29, 0.717) is 11.5 Å².